The number of nitrogen functional groups attached to an aromatic ring is 1. The van der Waals surface area contributed by atoms with E-state index >= 15 is 0 Å². The van der Waals surface area contributed by atoms with Crippen LogP contribution in [0.1, 0.15) is 5.69 Å². The van der Waals surface area contributed by atoms with Gasteiger partial charge in [0.1, 0.15) is 11.5 Å². The number of halogens is 2. The van der Waals surface area contributed by atoms with Crippen LogP contribution in [0, 0.1) is 22.9 Å². The molecule has 0 saturated heterocycles. The van der Waals surface area contributed by atoms with Crippen molar-refractivity contribution in [1.82, 2.24) is 9.97 Å². The van der Waals surface area contributed by atoms with Gasteiger partial charge < -0.3 is 11.1 Å². The minimum Gasteiger partial charge on any atom is -0.368 e. The van der Waals surface area contributed by atoms with Gasteiger partial charge in [-0.05, 0) is 25.1 Å². The first-order valence-electron chi connectivity index (χ1n) is 5.39. The van der Waals surface area contributed by atoms with Crippen LogP contribution in [0.2, 0.25) is 0 Å². The van der Waals surface area contributed by atoms with E-state index in [1.165, 1.54) is 19.1 Å². The van der Waals surface area contributed by atoms with Gasteiger partial charge >= 0.3 is 5.69 Å². The van der Waals surface area contributed by atoms with Crippen molar-refractivity contribution in [3.63, 3.8) is 0 Å². The molecule has 0 radical (unpaired) electrons. The van der Waals surface area contributed by atoms with E-state index in [1.807, 2.05) is 0 Å². The van der Waals surface area contributed by atoms with Crippen LogP contribution in [0.25, 0.3) is 0 Å². The van der Waals surface area contributed by atoms with Crippen molar-refractivity contribution in [2.75, 3.05) is 11.1 Å². The number of nitrogens with two attached hydrogens (primary N) is 1. The van der Waals surface area contributed by atoms with Gasteiger partial charge in [-0.15, -0.1) is 0 Å². The number of nitro groups is 1. The van der Waals surface area contributed by atoms with E-state index in [9.17, 15) is 14.5 Å². The predicted molar refractivity (Wildman–Crippen MR) is 75.2 cm³/mol. The predicted octanol–water partition coefficient (Wildman–Crippen LogP) is 2.92. The number of rotatable bonds is 3. The summed E-state index contributed by atoms with van der Waals surface area (Å²) in [5, 5.41) is 13.6. The average molecular weight is 342 g/mol. The molecule has 0 atom stereocenters. The van der Waals surface area contributed by atoms with Crippen molar-refractivity contribution in [1.29, 1.82) is 0 Å². The molecule has 2 rings (SSSR count). The molecule has 0 amide bonds. The fourth-order valence-corrected chi connectivity index (χ4v) is 1.95. The fourth-order valence-electron chi connectivity index (χ4n) is 1.61. The Kier molecular flexibility index (Phi) is 3.79. The number of benzene rings is 1. The molecule has 0 saturated carbocycles. The van der Waals surface area contributed by atoms with Gasteiger partial charge in [0.15, 0.2) is 0 Å². The molecule has 0 bridgehead atoms. The smallest absolute Gasteiger partial charge is 0.332 e. The van der Waals surface area contributed by atoms with Gasteiger partial charge in [0.25, 0.3) is 0 Å². The van der Waals surface area contributed by atoms with Crippen molar-refractivity contribution >= 4 is 39.1 Å². The topological polar surface area (TPSA) is 107 Å². The standard InChI is InChI=1S/C11H9BrFN5O2/c1-5-9(18(19)20)10(17-11(14)15-5)16-8-3-2-6(12)4-7(8)13/h2-4H,1H3,(H3,14,15,16,17). The Morgan fingerprint density at radius 2 is 2.15 bits per heavy atom. The van der Waals surface area contributed by atoms with Crippen LogP contribution < -0.4 is 11.1 Å². The Balaban J connectivity index is 2.50. The van der Waals surface area contributed by atoms with E-state index < -0.39 is 10.7 Å². The Bertz CT molecular complexity index is 695. The Morgan fingerprint density at radius 1 is 1.45 bits per heavy atom. The van der Waals surface area contributed by atoms with Crippen LogP contribution in [-0.2, 0) is 0 Å². The highest BCUT2D eigenvalue weighted by atomic mass is 79.9. The summed E-state index contributed by atoms with van der Waals surface area (Å²) in [5.41, 5.74) is 5.26. The lowest BCUT2D eigenvalue weighted by Crippen LogP contribution is -2.07. The zero-order valence-electron chi connectivity index (χ0n) is 10.2. The van der Waals surface area contributed by atoms with E-state index in [0.717, 1.165) is 0 Å². The summed E-state index contributed by atoms with van der Waals surface area (Å²) in [6, 6.07) is 4.25. The van der Waals surface area contributed by atoms with E-state index in [-0.39, 0.29) is 28.8 Å². The van der Waals surface area contributed by atoms with Crippen molar-refractivity contribution < 1.29 is 9.31 Å². The minimum atomic E-state index is -0.645. The Morgan fingerprint density at radius 3 is 2.75 bits per heavy atom. The van der Waals surface area contributed by atoms with Crippen LogP contribution in [0.15, 0.2) is 22.7 Å². The monoisotopic (exact) mass is 341 g/mol. The van der Waals surface area contributed by atoms with Crippen molar-refractivity contribution in [3.05, 3.63) is 44.3 Å². The first-order chi connectivity index (χ1) is 9.38. The van der Waals surface area contributed by atoms with Crippen molar-refractivity contribution in [2.45, 2.75) is 6.92 Å². The molecule has 0 aliphatic rings. The van der Waals surface area contributed by atoms with Crippen LogP contribution in [0.3, 0.4) is 0 Å². The molecule has 1 aromatic heterocycles. The van der Waals surface area contributed by atoms with Crippen LogP contribution in [0.4, 0.5) is 27.5 Å². The third-order valence-electron chi connectivity index (χ3n) is 2.44. The molecular weight excluding hydrogens is 333 g/mol. The molecule has 104 valence electrons. The second kappa shape index (κ2) is 5.37. The molecule has 1 aromatic carbocycles. The van der Waals surface area contributed by atoms with Gasteiger partial charge in [-0.2, -0.15) is 4.98 Å². The molecular formula is C11H9BrFN5O2. The zero-order chi connectivity index (χ0) is 14.9. The lowest BCUT2D eigenvalue weighted by Gasteiger charge is -2.09. The average Bonchev–Trinajstić information content (AvgIpc) is 2.31. The number of nitrogens with one attached hydrogen (secondary N) is 1. The molecule has 0 fully saturated rings. The van der Waals surface area contributed by atoms with Gasteiger partial charge in [-0.3, -0.25) is 10.1 Å². The van der Waals surface area contributed by atoms with Gasteiger partial charge in [0, 0.05) is 4.47 Å². The van der Waals surface area contributed by atoms with Crippen LogP contribution in [-0.4, -0.2) is 14.9 Å². The highest BCUT2D eigenvalue weighted by Crippen LogP contribution is 2.30. The second-order valence-corrected chi connectivity index (χ2v) is 4.79. The number of aromatic nitrogens is 2. The number of hydrogen-bond donors (Lipinski definition) is 2. The van der Waals surface area contributed by atoms with Crippen LogP contribution >= 0.6 is 15.9 Å². The minimum absolute atomic E-state index is 0.0498. The highest BCUT2D eigenvalue weighted by Gasteiger charge is 2.22. The maximum atomic E-state index is 13.7. The summed E-state index contributed by atoms with van der Waals surface area (Å²) in [7, 11) is 0. The normalized spacial score (nSPS) is 10.3. The first kappa shape index (κ1) is 14.1. The van der Waals surface area contributed by atoms with Crippen LogP contribution in [0.5, 0.6) is 0 Å². The van der Waals surface area contributed by atoms with Crippen molar-refractivity contribution in [3.8, 4) is 0 Å². The molecule has 9 heteroatoms. The summed E-state index contributed by atoms with van der Waals surface area (Å²) in [4.78, 5) is 17.8. The Labute approximate surface area is 121 Å². The maximum Gasteiger partial charge on any atom is 0.332 e. The number of aryl methyl sites for hydroxylation is 1. The largest absolute Gasteiger partial charge is 0.368 e. The lowest BCUT2D eigenvalue weighted by atomic mass is 10.3. The molecule has 0 unspecified atom stereocenters. The SMILES string of the molecule is Cc1nc(N)nc(Nc2ccc(Br)cc2F)c1[N+](=O)[O-]. The first-order valence-corrected chi connectivity index (χ1v) is 6.18. The van der Waals surface area contributed by atoms with E-state index in [4.69, 9.17) is 5.73 Å². The summed E-state index contributed by atoms with van der Waals surface area (Å²) < 4.78 is 14.3. The molecule has 0 aliphatic heterocycles. The van der Waals surface area contributed by atoms with Gasteiger partial charge in [0.05, 0.1) is 10.6 Å². The zero-order valence-corrected chi connectivity index (χ0v) is 11.8. The third kappa shape index (κ3) is 2.82. The Hall–Kier alpha value is -2.29. The van der Waals surface area contributed by atoms with Gasteiger partial charge in [0.2, 0.25) is 11.8 Å². The molecule has 7 nitrogen and oxygen atoms in total. The molecule has 1 heterocycles. The second-order valence-electron chi connectivity index (χ2n) is 3.87. The highest BCUT2D eigenvalue weighted by molar-refractivity contribution is 9.10. The summed E-state index contributed by atoms with van der Waals surface area (Å²) in [5.74, 6) is -0.863. The molecule has 0 aliphatic carbocycles. The van der Waals surface area contributed by atoms with Crippen molar-refractivity contribution in [2.24, 2.45) is 0 Å². The van der Waals surface area contributed by atoms with E-state index in [1.54, 1.807) is 6.07 Å². The quantitative estimate of drug-likeness (QED) is 0.656. The number of nitrogens with zero attached hydrogens (tertiary/aromatic N) is 3. The lowest BCUT2D eigenvalue weighted by molar-refractivity contribution is -0.385. The summed E-state index contributed by atoms with van der Waals surface area (Å²) in [6.45, 7) is 1.43. The molecule has 0 spiro atoms. The number of hydrogen-bond acceptors (Lipinski definition) is 6. The number of anilines is 3. The maximum absolute atomic E-state index is 13.7. The van der Waals surface area contributed by atoms with Gasteiger partial charge in [-0.25, -0.2) is 9.37 Å². The summed E-state index contributed by atoms with van der Waals surface area (Å²) >= 11 is 3.12. The van der Waals surface area contributed by atoms with E-state index in [2.05, 4.69) is 31.2 Å². The molecule has 3 N–H and O–H groups in total. The fraction of sp³-hybridized carbons (Fsp3) is 0.0909. The molecule has 20 heavy (non-hydrogen) atoms. The van der Waals surface area contributed by atoms with Gasteiger partial charge in [-0.1, -0.05) is 15.9 Å². The molecule has 2 aromatic rings. The summed E-state index contributed by atoms with van der Waals surface area (Å²) in [6.07, 6.45) is 0. The van der Waals surface area contributed by atoms with E-state index in [0.29, 0.717) is 4.47 Å². The third-order valence-corrected chi connectivity index (χ3v) is 2.94.